The zero-order chi connectivity index (χ0) is 15.8. The van der Waals surface area contributed by atoms with Gasteiger partial charge in [-0.2, -0.15) is 0 Å². The zero-order valence-electron chi connectivity index (χ0n) is 12.8. The van der Waals surface area contributed by atoms with Crippen LogP contribution in [0.2, 0.25) is 0 Å². The molecule has 0 spiro atoms. The zero-order valence-corrected chi connectivity index (χ0v) is 13.6. The molecule has 0 saturated heterocycles. The Labute approximate surface area is 138 Å². The van der Waals surface area contributed by atoms with Crippen LogP contribution in [0.15, 0.2) is 48.0 Å². The number of nitrogens with zero attached hydrogens (tertiary/aromatic N) is 3. The minimum Gasteiger partial charge on any atom is -0.497 e. The van der Waals surface area contributed by atoms with Crippen molar-refractivity contribution in [2.75, 3.05) is 7.11 Å². The van der Waals surface area contributed by atoms with E-state index in [1.807, 2.05) is 41.8 Å². The van der Waals surface area contributed by atoms with Gasteiger partial charge in [0.05, 0.1) is 18.5 Å². The van der Waals surface area contributed by atoms with E-state index in [9.17, 15) is 0 Å². The SMILES string of the molecule is COc1ccc(-c2nc3ccc(-c4cs[c]n4)cn3c2C)cc1. The van der Waals surface area contributed by atoms with E-state index in [1.54, 1.807) is 7.11 Å². The van der Waals surface area contributed by atoms with Crippen LogP contribution in [0, 0.1) is 12.4 Å². The molecule has 0 amide bonds. The van der Waals surface area contributed by atoms with Crippen LogP contribution in [-0.2, 0) is 0 Å². The van der Waals surface area contributed by atoms with Crippen molar-refractivity contribution < 1.29 is 4.74 Å². The summed E-state index contributed by atoms with van der Waals surface area (Å²) in [5.41, 5.74) is 8.99. The Morgan fingerprint density at radius 3 is 2.57 bits per heavy atom. The Morgan fingerprint density at radius 2 is 1.87 bits per heavy atom. The van der Waals surface area contributed by atoms with Crippen molar-refractivity contribution in [3.63, 3.8) is 0 Å². The standard InChI is InChI=1S/C18H14N3OS/c1-12-18(13-3-6-15(22-2)7-4-13)20-17-8-5-14(9-21(12)17)16-10-23-11-19-16/h3-10H,1-2H3. The lowest BCUT2D eigenvalue weighted by Gasteiger charge is -2.03. The van der Waals surface area contributed by atoms with Crippen LogP contribution in [0.1, 0.15) is 5.69 Å². The first kappa shape index (κ1) is 14.0. The number of ether oxygens (including phenoxy) is 1. The van der Waals surface area contributed by atoms with Crippen molar-refractivity contribution in [2.45, 2.75) is 6.92 Å². The molecule has 0 saturated carbocycles. The van der Waals surface area contributed by atoms with Crippen LogP contribution < -0.4 is 4.74 Å². The minimum atomic E-state index is 0.845. The fraction of sp³-hybridized carbons (Fsp3) is 0.111. The maximum Gasteiger partial charge on any atom is 0.152 e. The van der Waals surface area contributed by atoms with Gasteiger partial charge < -0.3 is 9.14 Å². The third-order valence-corrected chi connectivity index (χ3v) is 4.44. The summed E-state index contributed by atoms with van der Waals surface area (Å²) in [7, 11) is 1.67. The van der Waals surface area contributed by atoms with Crippen LogP contribution in [0.3, 0.4) is 0 Å². The summed E-state index contributed by atoms with van der Waals surface area (Å²) in [5, 5.41) is 2.00. The molecule has 0 bridgehead atoms. The summed E-state index contributed by atoms with van der Waals surface area (Å²) < 4.78 is 7.32. The molecule has 0 aliphatic heterocycles. The highest BCUT2D eigenvalue weighted by Crippen LogP contribution is 2.27. The highest BCUT2D eigenvalue weighted by atomic mass is 32.1. The number of imidazole rings is 1. The molecular formula is C18H14N3OS. The monoisotopic (exact) mass is 320 g/mol. The molecule has 0 unspecified atom stereocenters. The second-order valence-electron chi connectivity index (χ2n) is 5.24. The summed E-state index contributed by atoms with van der Waals surface area (Å²) in [6.45, 7) is 2.08. The molecular weight excluding hydrogens is 306 g/mol. The average Bonchev–Trinajstić information content (AvgIpc) is 3.23. The molecule has 4 nitrogen and oxygen atoms in total. The van der Waals surface area contributed by atoms with Gasteiger partial charge in [-0.3, -0.25) is 0 Å². The number of aryl methyl sites for hydroxylation is 1. The lowest BCUT2D eigenvalue weighted by atomic mass is 10.1. The largest absolute Gasteiger partial charge is 0.497 e. The average molecular weight is 320 g/mol. The number of rotatable bonds is 3. The third kappa shape index (κ3) is 2.39. The third-order valence-electron chi connectivity index (χ3n) is 3.91. The number of thiazole rings is 1. The van der Waals surface area contributed by atoms with Crippen LogP contribution in [-0.4, -0.2) is 21.5 Å². The Hall–Kier alpha value is -2.66. The van der Waals surface area contributed by atoms with Crippen LogP contribution in [0.5, 0.6) is 5.75 Å². The predicted octanol–water partition coefficient (Wildman–Crippen LogP) is 4.24. The lowest BCUT2D eigenvalue weighted by Crippen LogP contribution is -1.89. The fourth-order valence-electron chi connectivity index (χ4n) is 2.65. The topological polar surface area (TPSA) is 39.4 Å². The van der Waals surface area contributed by atoms with Crippen molar-refractivity contribution >= 4 is 17.0 Å². The van der Waals surface area contributed by atoms with Crippen LogP contribution in [0.25, 0.3) is 28.2 Å². The van der Waals surface area contributed by atoms with Gasteiger partial charge in [-0.05, 0) is 43.3 Å². The maximum atomic E-state index is 5.22. The molecule has 0 fully saturated rings. The number of hydrogen-bond donors (Lipinski definition) is 0. The maximum absolute atomic E-state index is 5.22. The smallest absolute Gasteiger partial charge is 0.152 e. The molecule has 0 atom stereocenters. The van der Waals surface area contributed by atoms with Crippen molar-refractivity contribution in [1.29, 1.82) is 0 Å². The summed E-state index contributed by atoms with van der Waals surface area (Å²) in [6, 6.07) is 12.0. The van der Waals surface area contributed by atoms with Gasteiger partial charge in [-0.25, -0.2) is 9.97 Å². The van der Waals surface area contributed by atoms with Gasteiger partial charge in [-0.1, -0.05) is 0 Å². The molecule has 4 aromatic rings. The first-order valence-corrected chi connectivity index (χ1v) is 8.09. The second kappa shape index (κ2) is 5.52. The van der Waals surface area contributed by atoms with Crippen molar-refractivity contribution in [3.8, 4) is 28.3 Å². The molecule has 4 rings (SSSR count). The van der Waals surface area contributed by atoms with Gasteiger partial charge in [0.2, 0.25) is 0 Å². The Morgan fingerprint density at radius 1 is 1.09 bits per heavy atom. The number of pyridine rings is 1. The van der Waals surface area contributed by atoms with E-state index in [2.05, 4.69) is 28.0 Å². The van der Waals surface area contributed by atoms with Gasteiger partial charge in [-0.15, -0.1) is 11.3 Å². The van der Waals surface area contributed by atoms with Gasteiger partial charge in [0.15, 0.2) is 5.51 Å². The molecule has 1 radical (unpaired) electrons. The first-order chi connectivity index (χ1) is 11.3. The summed E-state index contributed by atoms with van der Waals surface area (Å²) in [4.78, 5) is 9.01. The van der Waals surface area contributed by atoms with E-state index >= 15 is 0 Å². The lowest BCUT2D eigenvalue weighted by molar-refractivity contribution is 0.415. The highest BCUT2D eigenvalue weighted by Gasteiger charge is 2.12. The number of hydrogen-bond acceptors (Lipinski definition) is 4. The van der Waals surface area contributed by atoms with Crippen molar-refractivity contribution in [2.24, 2.45) is 0 Å². The van der Waals surface area contributed by atoms with E-state index in [0.29, 0.717) is 0 Å². The van der Waals surface area contributed by atoms with E-state index in [1.165, 1.54) is 11.3 Å². The summed E-state index contributed by atoms with van der Waals surface area (Å²) in [5.74, 6) is 0.845. The first-order valence-electron chi connectivity index (χ1n) is 7.21. The minimum absolute atomic E-state index is 0.845. The number of aromatic nitrogens is 3. The van der Waals surface area contributed by atoms with Crippen LogP contribution >= 0.6 is 11.3 Å². The second-order valence-corrected chi connectivity index (χ2v) is 5.90. The predicted molar refractivity (Wildman–Crippen MR) is 91.9 cm³/mol. The van der Waals surface area contributed by atoms with E-state index in [0.717, 1.165) is 39.6 Å². The van der Waals surface area contributed by atoms with E-state index in [4.69, 9.17) is 9.72 Å². The number of fused-ring (bicyclic) bond motifs is 1. The molecule has 23 heavy (non-hydrogen) atoms. The molecule has 1 aromatic carbocycles. The van der Waals surface area contributed by atoms with Crippen molar-refractivity contribution in [1.82, 2.24) is 14.4 Å². The molecule has 0 aliphatic rings. The summed E-state index contributed by atoms with van der Waals surface area (Å²) >= 11 is 1.48. The van der Waals surface area contributed by atoms with E-state index < -0.39 is 0 Å². The Kier molecular flexibility index (Phi) is 3.35. The molecule has 113 valence electrons. The quantitative estimate of drug-likeness (QED) is 0.567. The molecule has 5 heteroatoms. The fourth-order valence-corrected chi connectivity index (χ4v) is 3.16. The summed E-state index contributed by atoms with van der Waals surface area (Å²) in [6.07, 6.45) is 2.08. The number of benzene rings is 1. The van der Waals surface area contributed by atoms with Gasteiger partial charge in [0.25, 0.3) is 0 Å². The van der Waals surface area contributed by atoms with E-state index in [-0.39, 0.29) is 0 Å². The van der Waals surface area contributed by atoms with Crippen molar-refractivity contribution in [3.05, 3.63) is 59.2 Å². The van der Waals surface area contributed by atoms with Crippen LogP contribution in [0.4, 0.5) is 0 Å². The Bertz CT molecular complexity index is 956. The molecule has 0 N–H and O–H groups in total. The molecule has 0 aliphatic carbocycles. The van der Waals surface area contributed by atoms with Gasteiger partial charge in [0, 0.05) is 28.4 Å². The van der Waals surface area contributed by atoms with Gasteiger partial charge >= 0.3 is 0 Å². The normalized spacial score (nSPS) is 11.0. The molecule has 3 heterocycles. The molecule has 3 aromatic heterocycles. The Balaban J connectivity index is 1.83. The number of methoxy groups -OCH3 is 1. The van der Waals surface area contributed by atoms with Gasteiger partial charge in [0.1, 0.15) is 11.4 Å². The highest BCUT2D eigenvalue weighted by molar-refractivity contribution is 7.07.